The Morgan fingerprint density at radius 2 is 2.16 bits per heavy atom. The maximum Gasteiger partial charge on any atom is 0.341 e. The third kappa shape index (κ3) is 5.00. The molecule has 0 saturated heterocycles. The van der Waals surface area contributed by atoms with Crippen LogP contribution < -0.4 is 10.6 Å². The fourth-order valence-electron chi connectivity index (χ4n) is 1.65. The zero-order chi connectivity index (χ0) is 14.3. The third-order valence-corrected chi connectivity index (χ3v) is 3.29. The van der Waals surface area contributed by atoms with Gasteiger partial charge in [0.2, 0.25) is 5.91 Å². The van der Waals surface area contributed by atoms with E-state index in [4.69, 9.17) is 4.74 Å². The zero-order valence-electron chi connectivity index (χ0n) is 11.5. The van der Waals surface area contributed by atoms with Crippen molar-refractivity contribution in [3.63, 3.8) is 0 Å². The van der Waals surface area contributed by atoms with E-state index in [9.17, 15) is 9.59 Å². The van der Waals surface area contributed by atoms with Crippen molar-refractivity contribution in [2.24, 2.45) is 0 Å². The summed E-state index contributed by atoms with van der Waals surface area (Å²) < 4.78 is 4.93. The summed E-state index contributed by atoms with van der Waals surface area (Å²) in [5.74, 6) is -0.514. The van der Waals surface area contributed by atoms with Crippen molar-refractivity contribution < 1.29 is 14.3 Å². The molecule has 1 heterocycles. The van der Waals surface area contributed by atoms with Crippen LogP contribution in [0.25, 0.3) is 0 Å². The molecule has 0 aliphatic carbocycles. The van der Waals surface area contributed by atoms with Crippen LogP contribution in [0.2, 0.25) is 0 Å². The molecular weight excluding hydrogens is 264 g/mol. The number of hydrogen-bond donors (Lipinski definition) is 2. The number of anilines is 1. The average molecular weight is 284 g/mol. The van der Waals surface area contributed by atoms with Gasteiger partial charge in [0.15, 0.2) is 0 Å². The first-order valence-corrected chi connectivity index (χ1v) is 7.24. The smallest absolute Gasteiger partial charge is 0.341 e. The molecule has 0 fully saturated rings. The number of nitrogens with one attached hydrogen (secondary N) is 2. The number of rotatable bonds is 7. The normalized spacial score (nSPS) is 11.9. The number of amides is 1. The van der Waals surface area contributed by atoms with E-state index in [2.05, 4.69) is 10.6 Å². The van der Waals surface area contributed by atoms with Crippen molar-refractivity contribution in [2.45, 2.75) is 33.2 Å². The van der Waals surface area contributed by atoms with Crippen molar-refractivity contribution in [1.29, 1.82) is 0 Å². The fraction of sp³-hybridized carbons (Fsp3) is 0.538. The van der Waals surface area contributed by atoms with E-state index in [0.29, 0.717) is 23.6 Å². The fourth-order valence-corrected chi connectivity index (χ4v) is 2.44. The minimum atomic E-state index is -0.404. The summed E-state index contributed by atoms with van der Waals surface area (Å²) in [5, 5.41) is 8.23. The molecule has 0 aliphatic rings. The highest BCUT2D eigenvalue weighted by Gasteiger charge is 2.16. The van der Waals surface area contributed by atoms with Crippen LogP contribution in [0.4, 0.5) is 5.00 Å². The minimum Gasteiger partial charge on any atom is -0.462 e. The largest absolute Gasteiger partial charge is 0.462 e. The van der Waals surface area contributed by atoms with Gasteiger partial charge in [0.25, 0.3) is 0 Å². The SMILES string of the molecule is CCNC(C)CC(=O)Nc1sccc1C(=O)OCC. The maximum atomic E-state index is 11.8. The molecule has 0 radical (unpaired) electrons. The van der Waals surface area contributed by atoms with Crippen LogP contribution in [-0.2, 0) is 9.53 Å². The molecule has 5 nitrogen and oxygen atoms in total. The Morgan fingerprint density at radius 1 is 1.42 bits per heavy atom. The minimum absolute atomic E-state index is 0.107. The molecular formula is C13H20N2O3S. The van der Waals surface area contributed by atoms with Gasteiger partial charge in [0.05, 0.1) is 12.2 Å². The molecule has 2 N–H and O–H groups in total. The van der Waals surface area contributed by atoms with E-state index in [0.717, 1.165) is 6.54 Å². The molecule has 0 spiro atoms. The van der Waals surface area contributed by atoms with Gasteiger partial charge in [-0.2, -0.15) is 0 Å². The maximum absolute atomic E-state index is 11.8. The first-order valence-electron chi connectivity index (χ1n) is 6.36. The van der Waals surface area contributed by atoms with Gasteiger partial charge in [0.1, 0.15) is 5.00 Å². The van der Waals surface area contributed by atoms with Crippen LogP contribution in [0, 0.1) is 0 Å². The zero-order valence-corrected chi connectivity index (χ0v) is 12.3. The Kier molecular flexibility index (Phi) is 6.52. The van der Waals surface area contributed by atoms with E-state index in [-0.39, 0.29) is 11.9 Å². The Hall–Kier alpha value is -1.40. The number of ether oxygens (including phenoxy) is 1. The van der Waals surface area contributed by atoms with Crippen molar-refractivity contribution in [1.82, 2.24) is 5.32 Å². The second-order valence-corrected chi connectivity index (χ2v) is 5.01. The summed E-state index contributed by atoms with van der Waals surface area (Å²) >= 11 is 1.32. The molecule has 1 unspecified atom stereocenters. The number of hydrogen-bond acceptors (Lipinski definition) is 5. The summed E-state index contributed by atoms with van der Waals surface area (Å²) in [7, 11) is 0. The molecule has 1 amide bonds. The molecule has 0 bridgehead atoms. The quantitative estimate of drug-likeness (QED) is 0.754. The summed E-state index contributed by atoms with van der Waals surface area (Å²) in [6.45, 7) is 6.83. The highest BCUT2D eigenvalue weighted by Crippen LogP contribution is 2.24. The highest BCUT2D eigenvalue weighted by atomic mass is 32.1. The predicted octanol–water partition coefficient (Wildman–Crippen LogP) is 2.25. The molecule has 6 heteroatoms. The molecule has 0 saturated carbocycles. The van der Waals surface area contributed by atoms with Crippen LogP contribution in [0.1, 0.15) is 37.6 Å². The van der Waals surface area contributed by atoms with E-state index < -0.39 is 5.97 Å². The molecule has 0 aromatic carbocycles. The lowest BCUT2D eigenvalue weighted by Gasteiger charge is -2.12. The molecule has 1 atom stereocenters. The first-order chi connectivity index (χ1) is 9.08. The van der Waals surface area contributed by atoms with Crippen molar-refractivity contribution >= 4 is 28.2 Å². The van der Waals surface area contributed by atoms with Crippen molar-refractivity contribution in [3.05, 3.63) is 17.0 Å². The topological polar surface area (TPSA) is 67.4 Å². The Morgan fingerprint density at radius 3 is 2.79 bits per heavy atom. The van der Waals surface area contributed by atoms with Crippen LogP contribution in [0.3, 0.4) is 0 Å². The van der Waals surface area contributed by atoms with E-state index in [1.807, 2.05) is 13.8 Å². The number of carbonyl (C=O) groups is 2. The van der Waals surface area contributed by atoms with Gasteiger partial charge in [0, 0.05) is 12.5 Å². The lowest BCUT2D eigenvalue weighted by Crippen LogP contribution is -2.30. The van der Waals surface area contributed by atoms with Gasteiger partial charge >= 0.3 is 5.97 Å². The molecule has 19 heavy (non-hydrogen) atoms. The Labute approximate surface area is 117 Å². The number of esters is 1. The second-order valence-electron chi connectivity index (χ2n) is 4.09. The Bertz CT molecular complexity index is 431. The lowest BCUT2D eigenvalue weighted by molar-refractivity contribution is -0.116. The summed E-state index contributed by atoms with van der Waals surface area (Å²) in [6, 6.07) is 1.77. The van der Waals surface area contributed by atoms with E-state index >= 15 is 0 Å². The van der Waals surface area contributed by atoms with Gasteiger partial charge in [-0.1, -0.05) is 6.92 Å². The monoisotopic (exact) mass is 284 g/mol. The van der Waals surface area contributed by atoms with Gasteiger partial charge in [-0.15, -0.1) is 11.3 Å². The van der Waals surface area contributed by atoms with Crippen LogP contribution in [0.5, 0.6) is 0 Å². The summed E-state index contributed by atoms with van der Waals surface area (Å²) in [5.41, 5.74) is 0.413. The molecule has 1 rings (SSSR count). The van der Waals surface area contributed by atoms with E-state index in [1.165, 1.54) is 11.3 Å². The highest BCUT2D eigenvalue weighted by molar-refractivity contribution is 7.14. The molecule has 1 aromatic heterocycles. The predicted molar refractivity (Wildman–Crippen MR) is 76.7 cm³/mol. The first kappa shape index (κ1) is 15.7. The molecule has 1 aromatic rings. The van der Waals surface area contributed by atoms with Gasteiger partial charge < -0.3 is 15.4 Å². The Balaban J connectivity index is 2.60. The van der Waals surface area contributed by atoms with Gasteiger partial charge in [-0.25, -0.2) is 4.79 Å². The standard InChI is InChI=1S/C13H20N2O3S/c1-4-14-9(3)8-11(16)15-12-10(6-7-19-12)13(17)18-5-2/h6-7,9,14H,4-5,8H2,1-3H3,(H,15,16). The number of thiophene rings is 1. The average Bonchev–Trinajstić information content (AvgIpc) is 2.77. The summed E-state index contributed by atoms with van der Waals surface area (Å²) in [6.07, 6.45) is 0.369. The second kappa shape index (κ2) is 7.91. The van der Waals surface area contributed by atoms with Crippen LogP contribution in [-0.4, -0.2) is 31.1 Å². The number of carbonyl (C=O) groups excluding carboxylic acids is 2. The molecule has 0 aliphatic heterocycles. The van der Waals surface area contributed by atoms with Crippen molar-refractivity contribution in [2.75, 3.05) is 18.5 Å². The molecule has 106 valence electrons. The summed E-state index contributed by atoms with van der Waals surface area (Å²) in [4.78, 5) is 23.5. The van der Waals surface area contributed by atoms with Crippen molar-refractivity contribution in [3.8, 4) is 0 Å². The third-order valence-electron chi connectivity index (χ3n) is 2.46. The van der Waals surface area contributed by atoms with Crippen LogP contribution in [0.15, 0.2) is 11.4 Å². The van der Waals surface area contributed by atoms with Crippen LogP contribution >= 0.6 is 11.3 Å². The van der Waals surface area contributed by atoms with E-state index in [1.54, 1.807) is 18.4 Å². The van der Waals surface area contributed by atoms with Gasteiger partial charge in [-0.3, -0.25) is 4.79 Å². The lowest BCUT2D eigenvalue weighted by atomic mass is 10.2. The van der Waals surface area contributed by atoms with Gasteiger partial charge in [-0.05, 0) is 31.8 Å².